The van der Waals surface area contributed by atoms with Gasteiger partial charge in [0, 0.05) is 22.1 Å². The van der Waals surface area contributed by atoms with Crippen LogP contribution in [0.2, 0.25) is 0 Å². The van der Waals surface area contributed by atoms with Gasteiger partial charge >= 0.3 is 0 Å². The van der Waals surface area contributed by atoms with Gasteiger partial charge in [-0.1, -0.05) is 54.6 Å². The minimum absolute atomic E-state index is 0.770. The van der Waals surface area contributed by atoms with Crippen LogP contribution in [0.15, 0.2) is 71.1 Å². The molecule has 0 unspecified atom stereocenters. The summed E-state index contributed by atoms with van der Waals surface area (Å²) in [5.74, 6) is 0. The van der Waals surface area contributed by atoms with Crippen molar-refractivity contribution in [3.05, 3.63) is 77.3 Å². The zero-order valence-electron chi connectivity index (χ0n) is 14.1. The highest BCUT2D eigenvalue weighted by atomic mass is 32.1. The van der Waals surface area contributed by atoms with Crippen molar-refractivity contribution in [2.75, 3.05) is 5.43 Å². The van der Waals surface area contributed by atoms with Crippen molar-refractivity contribution in [3.8, 4) is 21.7 Å². The largest absolute Gasteiger partial charge is 0.253 e. The molecule has 4 rings (SSSR count). The highest BCUT2D eigenvalue weighted by Crippen LogP contribution is 2.27. The fourth-order valence-corrected chi connectivity index (χ4v) is 4.02. The first-order valence-corrected chi connectivity index (χ1v) is 9.77. The van der Waals surface area contributed by atoms with Crippen LogP contribution in [-0.2, 0) is 0 Å². The van der Waals surface area contributed by atoms with Crippen LogP contribution in [0.25, 0.3) is 21.7 Å². The van der Waals surface area contributed by atoms with Crippen LogP contribution in [0.3, 0.4) is 0 Å². The number of hydrogen-bond acceptors (Lipinski definition) is 6. The maximum Gasteiger partial charge on any atom is 0.203 e. The van der Waals surface area contributed by atoms with E-state index in [0.717, 1.165) is 38.1 Å². The minimum Gasteiger partial charge on any atom is -0.253 e. The zero-order valence-corrected chi connectivity index (χ0v) is 15.7. The lowest BCUT2D eigenvalue weighted by Gasteiger charge is -2.02. The van der Waals surface area contributed by atoms with Gasteiger partial charge in [0.2, 0.25) is 5.13 Å². The topological polar surface area (TPSA) is 50.2 Å². The van der Waals surface area contributed by atoms with Gasteiger partial charge in [0.05, 0.1) is 22.5 Å². The van der Waals surface area contributed by atoms with Crippen LogP contribution in [0.5, 0.6) is 0 Å². The lowest BCUT2D eigenvalue weighted by molar-refractivity contribution is 1.29. The van der Waals surface area contributed by atoms with Gasteiger partial charge in [-0.3, -0.25) is 5.43 Å². The monoisotopic (exact) mass is 376 g/mol. The van der Waals surface area contributed by atoms with Crippen LogP contribution >= 0.6 is 22.9 Å². The molecule has 0 radical (unpaired) electrons. The second kappa shape index (κ2) is 7.59. The van der Waals surface area contributed by atoms with E-state index in [-0.39, 0.29) is 0 Å². The average Bonchev–Trinajstić information content (AvgIpc) is 3.32. The molecule has 0 bridgehead atoms. The Hall–Kier alpha value is -2.83. The van der Waals surface area contributed by atoms with Gasteiger partial charge in [-0.2, -0.15) is 9.47 Å². The van der Waals surface area contributed by atoms with E-state index in [2.05, 4.69) is 44.2 Å². The first-order chi connectivity index (χ1) is 12.8. The van der Waals surface area contributed by atoms with Crippen LogP contribution in [0.4, 0.5) is 5.13 Å². The van der Waals surface area contributed by atoms with Gasteiger partial charge in [-0.05, 0) is 24.5 Å². The molecular weight excluding hydrogens is 360 g/mol. The molecule has 2 aromatic heterocycles. The summed E-state index contributed by atoms with van der Waals surface area (Å²) in [6.45, 7) is 2.01. The van der Waals surface area contributed by atoms with Gasteiger partial charge in [0.25, 0.3) is 0 Å². The number of aromatic nitrogens is 2. The molecule has 0 saturated carbocycles. The summed E-state index contributed by atoms with van der Waals surface area (Å²) in [4.78, 5) is 5.72. The highest BCUT2D eigenvalue weighted by molar-refractivity contribution is 7.14. The van der Waals surface area contributed by atoms with E-state index in [9.17, 15) is 0 Å². The molecule has 4 aromatic rings. The Balaban J connectivity index is 1.51. The Kier molecular flexibility index (Phi) is 4.86. The van der Waals surface area contributed by atoms with Crippen LogP contribution in [-0.4, -0.2) is 15.6 Å². The maximum absolute atomic E-state index is 4.58. The zero-order chi connectivity index (χ0) is 17.8. The molecule has 2 aromatic carbocycles. The fourth-order valence-electron chi connectivity index (χ4n) is 2.55. The molecule has 0 aliphatic heterocycles. The predicted molar refractivity (Wildman–Crippen MR) is 111 cm³/mol. The molecule has 0 saturated heterocycles. The van der Waals surface area contributed by atoms with Gasteiger partial charge in [0.15, 0.2) is 0 Å². The predicted octanol–water partition coefficient (Wildman–Crippen LogP) is 5.69. The summed E-state index contributed by atoms with van der Waals surface area (Å²) in [5, 5.41) is 7.17. The molecule has 0 amide bonds. The highest BCUT2D eigenvalue weighted by Gasteiger charge is 2.06. The van der Waals surface area contributed by atoms with Crippen molar-refractivity contribution < 1.29 is 0 Å². The van der Waals surface area contributed by atoms with Crippen LogP contribution in [0.1, 0.15) is 11.3 Å². The van der Waals surface area contributed by atoms with Gasteiger partial charge in [-0.15, -0.1) is 11.3 Å². The quantitative estimate of drug-likeness (QED) is 0.360. The van der Waals surface area contributed by atoms with E-state index >= 15 is 0 Å². The number of anilines is 1. The average molecular weight is 377 g/mol. The smallest absolute Gasteiger partial charge is 0.203 e. The lowest BCUT2D eigenvalue weighted by Crippen LogP contribution is -1.92. The van der Waals surface area contributed by atoms with E-state index in [4.69, 9.17) is 0 Å². The summed E-state index contributed by atoms with van der Waals surface area (Å²) >= 11 is 3.04. The number of nitrogens with one attached hydrogen (secondary N) is 1. The first kappa shape index (κ1) is 16.6. The van der Waals surface area contributed by atoms with Crippen molar-refractivity contribution in [1.29, 1.82) is 0 Å². The Labute approximate surface area is 160 Å². The van der Waals surface area contributed by atoms with Gasteiger partial charge < -0.3 is 0 Å². The molecule has 0 aliphatic rings. The summed E-state index contributed by atoms with van der Waals surface area (Å²) < 4.78 is 4.37. The summed E-state index contributed by atoms with van der Waals surface area (Å²) in [6, 6.07) is 20.4. The van der Waals surface area contributed by atoms with Crippen LogP contribution in [0, 0.1) is 6.92 Å². The van der Waals surface area contributed by atoms with Crippen molar-refractivity contribution in [3.63, 3.8) is 0 Å². The van der Waals surface area contributed by atoms with E-state index in [0.29, 0.717) is 0 Å². The van der Waals surface area contributed by atoms with E-state index < -0.39 is 0 Å². The Morgan fingerprint density at radius 2 is 1.85 bits per heavy atom. The number of hydrazone groups is 1. The second-order valence-electron chi connectivity index (χ2n) is 5.69. The standard InChI is InChI=1S/C20H16N4S2/c1-14-11-19(26-24-14)17-10-6-5-9-16(17)12-21-23-20-22-18(13-25-20)15-7-3-2-4-8-15/h2-13H,1H3,(H,22,23). The molecule has 0 fully saturated rings. The summed E-state index contributed by atoms with van der Waals surface area (Å²) in [7, 11) is 0. The van der Waals surface area contributed by atoms with Gasteiger partial charge in [-0.25, -0.2) is 4.98 Å². The SMILES string of the molecule is Cc1cc(-c2ccccc2C=NNc2nc(-c3ccccc3)cs2)sn1. The van der Waals surface area contributed by atoms with E-state index in [1.807, 2.05) is 54.9 Å². The second-order valence-corrected chi connectivity index (χ2v) is 7.36. The lowest BCUT2D eigenvalue weighted by atomic mass is 10.1. The minimum atomic E-state index is 0.770. The summed E-state index contributed by atoms with van der Waals surface area (Å²) in [6.07, 6.45) is 1.83. The van der Waals surface area contributed by atoms with Crippen molar-refractivity contribution in [1.82, 2.24) is 9.36 Å². The van der Waals surface area contributed by atoms with Crippen molar-refractivity contribution in [2.24, 2.45) is 5.10 Å². The molecule has 0 aliphatic carbocycles. The van der Waals surface area contributed by atoms with Crippen LogP contribution < -0.4 is 5.43 Å². The van der Waals surface area contributed by atoms with Crippen molar-refractivity contribution in [2.45, 2.75) is 6.92 Å². The molecule has 0 atom stereocenters. The fraction of sp³-hybridized carbons (Fsp3) is 0.0500. The molecule has 1 N–H and O–H groups in total. The Morgan fingerprint density at radius 1 is 1.04 bits per heavy atom. The number of rotatable bonds is 5. The number of benzene rings is 2. The Bertz CT molecular complexity index is 1030. The molecule has 128 valence electrons. The third-order valence-corrected chi connectivity index (χ3v) is 5.45. The maximum atomic E-state index is 4.58. The van der Waals surface area contributed by atoms with E-state index in [1.54, 1.807) is 0 Å². The molecular formula is C20H16N4S2. The molecule has 26 heavy (non-hydrogen) atoms. The normalized spacial score (nSPS) is 11.1. The first-order valence-electron chi connectivity index (χ1n) is 8.12. The number of aryl methyl sites for hydroxylation is 1. The van der Waals surface area contributed by atoms with Crippen molar-refractivity contribution >= 4 is 34.2 Å². The summed E-state index contributed by atoms with van der Waals surface area (Å²) in [5.41, 5.74) is 8.30. The molecule has 6 heteroatoms. The molecule has 2 heterocycles. The number of hydrogen-bond donors (Lipinski definition) is 1. The number of thiazole rings is 1. The third kappa shape index (κ3) is 3.71. The third-order valence-electron chi connectivity index (χ3n) is 3.79. The Morgan fingerprint density at radius 3 is 2.65 bits per heavy atom. The molecule has 4 nitrogen and oxygen atoms in total. The number of nitrogens with zero attached hydrogens (tertiary/aromatic N) is 3. The molecule has 0 spiro atoms. The van der Waals surface area contributed by atoms with Gasteiger partial charge in [0.1, 0.15) is 0 Å². The van der Waals surface area contributed by atoms with E-state index in [1.165, 1.54) is 22.9 Å².